The summed E-state index contributed by atoms with van der Waals surface area (Å²) in [6, 6.07) is 55.1. The second-order valence-corrected chi connectivity index (χ2v) is 13.7. The maximum Gasteiger partial charge on any atom is 0.139 e. The number of para-hydroxylation sites is 1. The highest BCUT2D eigenvalue weighted by atomic mass is 16.3. The van der Waals surface area contributed by atoms with E-state index in [1.54, 1.807) is 0 Å². The third-order valence-electron chi connectivity index (χ3n) is 10.7. The minimum absolute atomic E-state index is 0.824. The lowest BCUT2D eigenvalue weighted by Crippen LogP contribution is -1.82. The molecule has 0 unspecified atom stereocenters. The van der Waals surface area contributed by atoms with Gasteiger partial charge in [-0.3, -0.25) is 0 Å². The number of benzene rings is 8. The smallest absolute Gasteiger partial charge is 0.139 e. The van der Waals surface area contributed by atoms with Gasteiger partial charge in [-0.2, -0.15) is 0 Å². The molecule has 0 fully saturated rings. The number of hydrogen-bond donors (Lipinski definition) is 0. The molecule has 52 heavy (non-hydrogen) atoms. The van der Waals surface area contributed by atoms with Crippen molar-refractivity contribution in [2.45, 2.75) is 0 Å². The number of rotatable bonds is 3. The fourth-order valence-corrected chi connectivity index (χ4v) is 8.09. The molecule has 0 spiro atoms. The molecule has 0 atom stereocenters. The van der Waals surface area contributed by atoms with Crippen LogP contribution in [0.4, 0.5) is 0 Å². The second kappa shape index (κ2) is 10.3. The van der Waals surface area contributed by atoms with E-state index in [2.05, 4.69) is 127 Å². The molecule has 0 radical (unpaired) electrons. The second-order valence-electron chi connectivity index (χ2n) is 13.7. The van der Waals surface area contributed by atoms with Crippen LogP contribution in [0.2, 0.25) is 0 Å². The van der Waals surface area contributed by atoms with Crippen LogP contribution in [-0.2, 0) is 0 Å². The van der Waals surface area contributed by atoms with Gasteiger partial charge in [-0.25, -0.2) is 0 Å². The highest BCUT2D eigenvalue weighted by Gasteiger charge is 2.17. The first-order chi connectivity index (χ1) is 25.7. The summed E-state index contributed by atoms with van der Waals surface area (Å²) in [5, 5.41) is 8.62. The van der Waals surface area contributed by atoms with Gasteiger partial charge in [0.25, 0.3) is 0 Å². The summed E-state index contributed by atoms with van der Waals surface area (Å²) in [5.74, 6) is 0. The maximum absolute atomic E-state index is 6.43. The van der Waals surface area contributed by atoms with Crippen molar-refractivity contribution in [2.24, 2.45) is 0 Å². The lowest BCUT2D eigenvalue weighted by molar-refractivity contribution is 0.656. The van der Waals surface area contributed by atoms with E-state index in [-0.39, 0.29) is 0 Å². The van der Waals surface area contributed by atoms with Crippen LogP contribution in [0.5, 0.6) is 0 Å². The summed E-state index contributed by atoms with van der Waals surface area (Å²) in [7, 11) is 0. The molecule has 242 valence electrons. The Morgan fingerprint density at radius 1 is 0.192 bits per heavy atom. The van der Waals surface area contributed by atoms with E-state index in [0.29, 0.717) is 0 Å². The van der Waals surface area contributed by atoms with E-state index in [4.69, 9.17) is 17.7 Å². The summed E-state index contributed by atoms with van der Waals surface area (Å²) in [4.78, 5) is 0. The van der Waals surface area contributed by atoms with Crippen molar-refractivity contribution >= 4 is 87.8 Å². The Hall–Kier alpha value is -7.04. The predicted molar refractivity (Wildman–Crippen MR) is 212 cm³/mol. The van der Waals surface area contributed by atoms with Crippen molar-refractivity contribution < 1.29 is 17.7 Å². The zero-order valence-corrected chi connectivity index (χ0v) is 27.6. The molecule has 0 aliphatic heterocycles. The van der Waals surface area contributed by atoms with Gasteiger partial charge in [0.15, 0.2) is 0 Å². The number of furan rings is 4. The number of hydrogen-bond acceptors (Lipinski definition) is 4. The molecule has 12 rings (SSSR count). The fraction of sp³-hybridized carbons (Fsp3) is 0. The largest absolute Gasteiger partial charge is 0.456 e. The molecule has 4 heteroatoms. The van der Waals surface area contributed by atoms with Crippen molar-refractivity contribution in [1.82, 2.24) is 0 Å². The Labute approximate surface area is 295 Å². The molecule has 0 aliphatic rings. The van der Waals surface area contributed by atoms with Gasteiger partial charge in [0.1, 0.15) is 44.7 Å². The van der Waals surface area contributed by atoms with Gasteiger partial charge in [-0.05, 0) is 100 Å². The zero-order chi connectivity index (χ0) is 33.9. The summed E-state index contributed by atoms with van der Waals surface area (Å²) in [5.41, 5.74) is 13.7. The lowest BCUT2D eigenvalue weighted by Gasteiger charge is -2.07. The van der Waals surface area contributed by atoms with Crippen molar-refractivity contribution in [2.75, 3.05) is 0 Å². The highest BCUT2D eigenvalue weighted by Crippen LogP contribution is 2.41. The van der Waals surface area contributed by atoms with E-state index in [1.165, 1.54) is 5.56 Å². The molecular weight excluding hydrogens is 641 g/mol. The third-order valence-corrected chi connectivity index (χ3v) is 10.7. The van der Waals surface area contributed by atoms with E-state index in [9.17, 15) is 0 Å². The van der Waals surface area contributed by atoms with Gasteiger partial charge < -0.3 is 17.7 Å². The SMILES string of the molecule is c1ccc(-c2ccc3oc4cc5c(cc4c3c2)oc2ccc(-c3cccc(-c4ccc6oc7cc8oc9ccccc9c8cc7c6c4)c3)cc25)cc1. The Morgan fingerprint density at radius 3 is 1.15 bits per heavy atom. The third kappa shape index (κ3) is 4.03. The molecule has 4 heterocycles. The fourth-order valence-electron chi connectivity index (χ4n) is 8.09. The summed E-state index contributed by atoms with van der Waals surface area (Å²) >= 11 is 0. The first-order valence-electron chi connectivity index (χ1n) is 17.5. The van der Waals surface area contributed by atoms with Crippen LogP contribution in [-0.4, -0.2) is 0 Å². The quantitative estimate of drug-likeness (QED) is 0.188. The standard InChI is InChI=1S/C48H26O4/c1-2-7-27(8-3-1)30-13-16-43-35(20-30)39-24-46-40(25-45(39)50-43)36-22-32(15-18-44(36)51-46)29-10-6-9-28(19-29)31-14-17-42-34(21-31)38-23-37-33-11-4-5-12-41(33)49-47(37)26-48(38)52-42/h1-26H. The predicted octanol–water partition coefficient (Wildman–Crippen LogP) is 14.3. The van der Waals surface area contributed by atoms with Crippen molar-refractivity contribution in [3.63, 3.8) is 0 Å². The molecule has 12 aromatic rings. The van der Waals surface area contributed by atoms with Gasteiger partial charge >= 0.3 is 0 Å². The first kappa shape index (κ1) is 27.7. The van der Waals surface area contributed by atoms with Crippen LogP contribution in [0.1, 0.15) is 0 Å². The van der Waals surface area contributed by atoms with Gasteiger partial charge in [0.2, 0.25) is 0 Å². The summed E-state index contributed by atoms with van der Waals surface area (Å²) in [6.45, 7) is 0. The van der Waals surface area contributed by atoms with Gasteiger partial charge in [-0.1, -0.05) is 84.9 Å². The molecular formula is C48H26O4. The van der Waals surface area contributed by atoms with Crippen molar-refractivity contribution in [3.8, 4) is 33.4 Å². The first-order valence-corrected chi connectivity index (χ1v) is 17.5. The average Bonchev–Trinajstić information content (AvgIpc) is 3.95. The Morgan fingerprint density at radius 2 is 0.577 bits per heavy atom. The molecule has 8 aromatic carbocycles. The summed E-state index contributed by atoms with van der Waals surface area (Å²) < 4.78 is 25.2. The van der Waals surface area contributed by atoms with Crippen molar-refractivity contribution in [3.05, 3.63) is 158 Å². The van der Waals surface area contributed by atoms with Crippen LogP contribution in [0.3, 0.4) is 0 Å². The zero-order valence-electron chi connectivity index (χ0n) is 27.6. The number of fused-ring (bicyclic) bond motifs is 12. The molecule has 0 N–H and O–H groups in total. The van der Waals surface area contributed by atoms with E-state index < -0.39 is 0 Å². The normalized spacial score (nSPS) is 12.2. The van der Waals surface area contributed by atoms with Gasteiger partial charge in [0.05, 0.1) is 0 Å². The topological polar surface area (TPSA) is 52.6 Å². The molecule has 0 bridgehead atoms. The molecule has 0 amide bonds. The monoisotopic (exact) mass is 666 g/mol. The van der Waals surface area contributed by atoms with Crippen molar-refractivity contribution in [1.29, 1.82) is 0 Å². The van der Waals surface area contributed by atoms with Crippen LogP contribution >= 0.6 is 0 Å². The molecule has 4 nitrogen and oxygen atoms in total. The Kier molecular flexibility index (Phi) is 5.47. The molecule has 4 aromatic heterocycles. The lowest BCUT2D eigenvalue weighted by atomic mass is 9.97. The minimum atomic E-state index is 0.824. The minimum Gasteiger partial charge on any atom is -0.456 e. The van der Waals surface area contributed by atoms with E-state index in [0.717, 1.165) is 116 Å². The molecule has 0 saturated heterocycles. The molecule has 0 saturated carbocycles. The van der Waals surface area contributed by atoms with E-state index in [1.807, 2.05) is 30.3 Å². The average molecular weight is 667 g/mol. The Balaban J connectivity index is 0.949. The molecule has 0 aliphatic carbocycles. The Bertz CT molecular complexity index is 3410. The maximum atomic E-state index is 6.43. The van der Waals surface area contributed by atoms with Crippen LogP contribution in [0.15, 0.2) is 175 Å². The van der Waals surface area contributed by atoms with Gasteiger partial charge in [-0.15, -0.1) is 0 Å². The van der Waals surface area contributed by atoms with Gasteiger partial charge in [0, 0.05) is 49.2 Å². The van der Waals surface area contributed by atoms with Crippen LogP contribution in [0.25, 0.3) is 121 Å². The van der Waals surface area contributed by atoms with Crippen LogP contribution in [0, 0.1) is 0 Å². The highest BCUT2D eigenvalue weighted by molar-refractivity contribution is 6.17. The van der Waals surface area contributed by atoms with Crippen LogP contribution < -0.4 is 0 Å². The van der Waals surface area contributed by atoms with E-state index >= 15 is 0 Å². The summed E-state index contributed by atoms with van der Waals surface area (Å²) in [6.07, 6.45) is 0.